The van der Waals surface area contributed by atoms with Crippen LogP contribution < -0.4 is 16.0 Å². The lowest BCUT2D eigenvalue weighted by Gasteiger charge is -2.29. The van der Waals surface area contributed by atoms with Crippen LogP contribution in [0.1, 0.15) is 5.56 Å². The molecule has 2 aromatic heterocycles. The van der Waals surface area contributed by atoms with Gasteiger partial charge >= 0.3 is 0 Å². The van der Waals surface area contributed by atoms with Crippen LogP contribution in [-0.4, -0.2) is 36.1 Å². The molecule has 0 radical (unpaired) electrons. The molecular weight excluding hydrogens is 405 g/mol. The molecule has 4 rings (SSSR count). The summed E-state index contributed by atoms with van der Waals surface area (Å²) in [4.78, 5) is 11.3. The molecule has 1 aromatic carbocycles. The number of hydrogen-bond donors (Lipinski definition) is 2. The summed E-state index contributed by atoms with van der Waals surface area (Å²) >= 11 is 6.53. The fraction of sp³-hybridized carbons (Fsp3) is 0.263. The number of aromatic nitrogens is 2. The minimum Gasteiger partial charge on any atom is -0.353 e. The summed E-state index contributed by atoms with van der Waals surface area (Å²) in [6.07, 6.45) is 3.65. The Kier molecular flexibility index (Phi) is 7.65. The standard InChI is InChI=1S/C19H20ClN5.2ClH/c20-17-9-15-8-14(16-7-13(10-21)11-23-12-16)1-2-18(15)24-19(17)25-5-3-22-4-6-25;;/h1-2,7-9,11-12,22H,3-6,10,21H2;2*1H. The lowest BCUT2D eigenvalue weighted by Crippen LogP contribution is -2.44. The number of nitrogens with zero attached hydrogens (tertiary/aromatic N) is 3. The zero-order valence-electron chi connectivity index (χ0n) is 14.7. The zero-order chi connectivity index (χ0) is 17.2. The van der Waals surface area contributed by atoms with Gasteiger partial charge in [-0.15, -0.1) is 24.8 Å². The van der Waals surface area contributed by atoms with E-state index in [1.54, 1.807) is 6.20 Å². The Balaban J connectivity index is 0.00000131. The van der Waals surface area contributed by atoms with Gasteiger partial charge in [0.1, 0.15) is 5.82 Å². The van der Waals surface area contributed by atoms with E-state index in [1.807, 2.05) is 18.3 Å². The lowest BCUT2D eigenvalue weighted by atomic mass is 10.0. The molecule has 0 amide bonds. The van der Waals surface area contributed by atoms with Crippen molar-refractivity contribution in [2.75, 3.05) is 31.1 Å². The molecule has 1 aliphatic rings. The fourth-order valence-electron chi connectivity index (χ4n) is 3.18. The van der Waals surface area contributed by atoms with Crippen LogP contribution >= 0.6 is 36.4 Å². The third-order valence-corrected chi connectivity index (χ3v) is 4.81. The van der Waals surface area contributed by atoms with Crippen LogP contribution in [0.25, 0.3) is 22.0 Å². The second-order valence-electron chi connectivity index (χ2n) is 6.22. The quantitative estimate of drug-likeness (QED) is 0.669. The van der Waals surface area contributed by atoms with E-state index in [-0.39, 0.29) is 24.8 Å². The average Bonchev–Trinajstić information content (AvgIpc) is 2.67. The van der Waals surface area contributed by atoms with E-state index >= 15 is 0 Å². The molecule has 3 aromatic rings. The molecule has 1 aliphatic heterocycles. The van der Waals surface area contributed by atoms with Crippen molar-refractivity contribution in [3.63, 3.8) is 0 Å². The van der Waals surface area contributed by atoms with Crippen LogP contribution in [-0.2, 0) is 6.54 Å². The van der Waals surface area contributed by atoms with Gasteiger partial charge in [-0.25, -0.2) is 4.98 Å². The number of nitrogens with two attached hydrogens (primary N) is 1. The molecular formula is C19H22Cl3N5. The number of fused-ring (bicyclic) bond motifs is 1. The highest BCUT2D eigenvalue weighted by atomic mass is 35.5. The maximum Gasteiger partial charge on any atom is 0.148 e. The van der Waals surface area contributed by atoms with E-state index < -0.39 is 0 Å². The summed E-state index contributed by atoms with van der Waals surface area (Å²) in [6.45, 7) is 4.25. The molecule has 0 unspecified atom stereocenters. The third kappa shape index (κ3) is 4.62. The first-order valence-corrected chi connectivity index (χ1v) is 8.83. The van der Waals surface area contributed by atoms with E-state index in [0.717, 1.165) is 59.6 Å². The van der Waals surface area contributed by atoms with Crippen LogP contribution in [0.4, 0.5) is 5.82 Å². The number of benzene rings is 1. The molecule has 3 N–H and O–H groups in total. The molecule has 144 valence electrons. The normalized spacial score (nSPS) is 13.8. The van der Waals surface area contributed by atoms with E-state index in [4.69, 9.17) is 22.3 Å². The fourth-order valence-corrected chi connectivity index (χ4v) is 3.45. The molecule has 27 heavy (non-hydrogen) atoms. The van der Waals surface area contributed by atoms with Crippen molar-refractivity contribution in [3.05, 3.63) is 53.3 Å². The van der Waals surface area contributed by atoms with Crippen LogP contribution in [0.15, 0.2) is 42.7 Å². The number of anilines is 1. The second-order valence-corrected chi connectivity index (χ2v) is 6.63. The Morgan fingerprint density at radius 1 is 1.04 bits per heavy atom. The average molecular weight is 427 g/mol. The van der Waals surface area contributed by atoms with Crippen molar-refractivity contribution in [2.45, 2.75) is 6.54 Å². The largest absolute Gasteiger partial charge is 0.353 e. The van der Waals surface area contributed by atoms with Gasteiger partial charge in [0, 0.05) is 56.1 Å². The number of rotatable bonds is 3. The summed E-state index contributed by atoms with van der Waals surface area (Å²) < 4.78 is 0. The first kappa shape index (κ1) is 21.7. The predicted octanol–water partition coefficient (Wildman–Crippen LogP) is 3.66. The Labute approximate surface area is 176 Å². The molecule has 1 fully saturated rings. The van der Waals surface area contributed by atoms with Crippen molar-refractivity contribution in [2.24, 2.45) is 5.73 Å². The van der Waals surface area contributed by atoms with Gasteiger partial charge in [0.05, 0.1) is 10.5 Å². The molecule has 0 saturated carbocycles. The highest BCUT2D eigenvalue weighted by Gasteiger charge is 2.16. The van der Waals surface area contributed by atoms with Gasteiger partial charge < -0.3 is 16.0 Å². The SMILES string of the molecule is Cl.Cl.NCc1cncc(-c2ccc3nc(N4CCNCC4)c(Cl)cc3c2)c1. The van der Waals surface area contributed by atoms with Gasteiger partial charge in [-0.1, -0.05) is 17.7 Å². The maximum absolute atomic E-state index is 6.53. The zero-order valence-corrected chi connectivity index (χ0v) is 17.1. The summed E-state index contributed by atoms with van der Waals surface area (Å²) in [7, 11) is 0. The Hall–Kier alpha value is -1.63. The van der Waals surface area contributed by atoms with Crippen molar-refractivity contribution in [1.29, 1.82) is 0 Å². The summed E-state index contributed by atoms with van der Waals surface area (Å²) in [5.41, 5.74) is 9.82. The Morgan fingerprint density at radius 3 is 2.56 bits per heavy atom. The van der Waals surface area contributed by atoms with E-state index in [2.05, 4.69) is 33.4 Å². The molecule has 5 nitrogen and oxygen atoms in total. The van der Waals surface area contributed by atoms with Crippen molar-refractivity contribution >= 4 is 53.1 Å². The summed E-state index contributed by atoms with van der Waals surface area (Å²) in [5, 5.41) is 5.07. The van der Waals surface area contributed by atoms with Crippen molar-refractivity contribution in [1.82, 2.24) is 15.3 Å². The molecule has 1 saturated heterocycles. The third-order valence-electron chi connectivity index (χ3n) is 4.53. The smallest absolute Gasteiger partial charge is 0.148 e. The molecule has 0 bridgehead atoms. The van der Waals surface area contributed by atoms with Gasteiger partial charge in [0.25, 0.3) is 0 Å². The highest BCUT2D eigenvalue weighted by molar-refractivity contribution is 6.33. The minimum absolute atomic E-state index is 0. The maximum atomic E-state index is 6.53. The Morgan fingerprint density at radius 2 is 1.81 bits per heavy atom. The summed E-state index contributed by atoms with van der Waals surface area (Å²) in [6, 6.07) is 10.3. The predicted molar refractivity (Wildman–Crippen MR) is 117 cm³/mol. The van der Waals surface area contributed by atoms with Gasteiger partial charge in [0.2, 0.25) is 0 Å². The number of halogens is 3. The number of nitrogens with one attached hydrogen (secondary N) is 1. The van der Waals surface area contributed by atoms with Crippen LogP contribution in [0.5, 0.6) is 0 Å². The van der Waals surface area contributed by atoms with Crippen molar-refractivity contribution in [3.8, 4) is 11.1 Å². The van der Waals surface area contributed by atoms with Crippen molar-refractivity contribution < 1.29 is 0 Å². The lowest BCUT2D eigenvalue weighted by molar-refractivity contribution is 0.585. The first-order chi connectivity index (χ1) is 12.2. The number of pyridine rings is 2. The summed E-state index contributed by atoms with van der Waals surface area (Å²) in [5.74, 6) is 0.871. The highest BCUT2D eigenvalue weighted by Crippen LogP contribution is 2.30. The van der Waals surface area contributed by atoms with E-state index in [1.165, 1.54) is 0 Å². The molecule has 8 heteroatoms. The minimum atomic E-state index is 0. The van der Waals surface area contributed by atoms with Crippen LogP contribution in [0.3, 0.4) is 0 Å². The van der Waals surface area contributed by atoms with Gasteiger partial charge in [0.15, 0.2) is 0 Å². The van der Waals surface area contributed by atoms with E-state index in [9.17, 15) is 0 Å². The first-order valence-electron chi connectivity index (χ1n) is 8.45. The molecule has 0 atom stereocenters. The molecule has 3 heterocycles. The van der Waals surface area contributed by atoms with Gasteiger partial charge in [-0.2, -0.15) is 0 Å². The number of piperazine rings is 1. The van der Waals surface area contributed by atoms with E-state index in [0.29, 0.717) is 11.6 Å². The van der Waals surface area contributed by atoms with Gasteiger partial charge in [-0.3, -0.25) is 4.98 Å². The molecule has 0 aliphatic carbocycles. The van der Waals surface area contributed by atoms with Crippen LogP contribution in [0.2, 0.25) is 5.02 Å². The van der Waals surface area contributed by atoms with Crippen LogP contribution in [0, 0.1) is 0 Å². The Bertz CT molecular complexity index is 913. The number of hydrogen-bond acceptors (Lipinski definition) is 5. The topological polar surface area (TPSA) is 67.1 Å². The molecule has 0 spiro atoms. The van der Waals surface area contributed by atoms with Gasteiger partial charge in [-0.05, 0) is 35.4 Å². The monoisotopic (exact) mass is 425 g/mol. The second kappa shape index (κ2) is 9.53.